The van der Waals surface area contributed by atoms with Gasteiger partial charge in [-0.15, -0.1) is 0 Å². The Morgan fingerprint density at radius 3 is 2.69 bits per heavy atom. The van der Waals surface area contributed by atoms with Gasteiger partial charge in [-0.2, -0.15) is 0 Å². The van der Waals surface area contributed by atoms with Crippen LogP contribution in [0.15, 0.2) is 67.0 Å². The SMILES string of the molecule is COc1cccc(NC(=O)c2cncc(NCc3ccccc3C)c2)c1. The van der Waals surface area contributed by atoms with E-state index in [4.69, 9.17) is 4.74 Å². The average Bonchev–Trinajstić information content (AvgIpc) is 2.68. The molecule has 0 spiro atoms. The van der Waals surface area contributed by atoms with Crippen LogP contribution in [0.25, 0.3) is 0 Å². The van der Waals surface area contributed by atoms with Crippen LogP contribution < -0.4 is 15.4 Å². The maximum atomic E-state index is 12.5. The third-order valence-electron chi connectivity index (χ3n) is 4.07. The van der Waals surface area contributed by atoms with E-state index in [1.165, 1.54) is 11.1 Å². The Morgan fingerprint density at radius 2 is 1.88 bits per heavy atom. The number of rotatable bonds is 6. The summed E-state index contributed by atoms with van der Waals surface area (Å²) in [6.45, 7) is 2.75. The van der Waals surface area contributed by atoms with E-state index in [2.05, 4.69) is 34.7 Å². The molecule has 0 atom stereocenters. The first-order chi connectivity index (χ1) is 12.7. The summed E-state index contributed by atoms with van der Waals surface area (Å²) in [5.41, 5.74) is 4.39. The van der Waals surface area contributed by atoms with Gasteiger partial charge in [0, 0.05) is 30.7 Å². The number of nitrogens with one attached hydrogen (secondary N) is 2. The van der Waals surface area contributed by atoms with Crippen LogP contribution in [0.3, 0.4) is 0 Å². The lowest BCUT2D eigenvalue weighted by Crippen LogP contribution is -2.13. The van der Waals surface area contributed by atoms with Gasteiger partial charge in [-0.3, -0.25) is 9.78 Å². The van der Waals surface area contributed by atoms with Crippen LogP contribution in [0.1, 0.15) is 21.5 Å². The van der Waals surface area contributed by atoms with Crippen molar-refractivity contribution in [3.8, 4) is 5.75 Å². The van der Waals surface area contributed by atoms with Gasteiger partial charge in [0.1, 0.15) is 5.75 Å². The third kappa shape index (κ3) is 4.39. The molecule has 3 rings (SSSR count). The summed E-state index contributed by atoms with van der Waals surface area (Å²) in [4.78, 5) is 16.6. The molecule has 0 radical (unpaired) electrons. The Hall–Kier alpha value is -3.34. The lowest BCUT2D eigenvalue weighted by Gasteiger charge is -2.10. The quantitative estimate of drug-likeness (QED) is 0.699. The number of anilines is 2. The molecule has 0 saturated heterocycles. The minimum atomic E-state index is -0.217. The van der Waals surface area contributed by atoms with Crippen molar-refractivity contribution in [1.82, 2.24) is 4.98 Å². The molecule has 26 heavy (non-hydrogen) atoms. The standard InChI is InChI=1S/C21H21N3O2/c1-15-6-3-4-7-16(15)13-23-19-10-17(12-22-14-19)21(25)24-18-8-5-9-20(11-18)26-2/h3-12,14,23H,13H2,1-2H3,(H,24,25). The number of benzene rings is 2. The number of hydrogen-bond donors (Lipinski definition) is 2. The summed E-state index contributed by atoms with van der Waals surface area (Å²) in [5, 5.41) is 6.17. The first kappa shape index (κ1) is 17.5. The molecule has 2 aromatic carbocycles. The highest BCUT2D eigenvalue weighted by molar-refractivity contribution is 6.04. The van der Waals surface area contributed by atoms with Crippen molar-refractivity contribution in [2.45, 2.75) is 13.5 Å². The van der Waals surface area contributed by atoms with Crippen LogP contribution in [0, 0.1) is 6.92 Å². The van der Waals surface area contributed by atoms with E-state index in [0.29, 0.717) is 23.5 Å². The number of nitrogens with zero attached hydrogens (tertiary/aromatic N) is 1. The topological polar surface area (TPSA) is 63.2 Å². The van der Waals surface area contributed by atoms with Crippen LogP contribution in [-0.2, 0) is 6.54 Å². The second kappa shape index (κ2) is 8.16. The van der Waals surface area contributed by atoms with Gasteiger partial charge in [0.05, 0.1) is 18.4 Å². The predicted molar refractivity (Wildman–Crippen MR) is 104 cm³/mol. The molecule has 0 aliphatic rings. The number of pyridine rings is 1. The molecule has 0 aliphatic heterocycles. The molecule has 0 unspecified atom stereocenters. The summed E-state index contributed by atoms with van der Waals surface area (Å²) < 4.78 is 5.17. The molecule has 1 amide bonds. The smallest absolute Gasteiger partial charge is 0.257 e. The fourth-order valence-corrected chi connectivity index (χ4v) is 2.57. The van der Waals surface area contributed by atoms with E-state index in [1.54, 1.807) is 31.6 Å². The Balaban J connectivity index is 1.68. The second-order valence-electron chi connectivity index (χ2n) is 5.93. The largest absolute Gasteiger partial charge is 0.497 e. The van der Waals surface area contributed by atoms with E-state index in [0.717, 1.165) is 5.69 Å². The van der Waals surface area contributed by atoms with Gasteiger partial charge in [-0.25, -0.2) is 0 Å². The van der Waals surface area contributed by atoms with Gasteiger partial charge in [-0.1, -0.05) is 30.3 Å². The number of ether oxygens (including phenoxy) is 1. The predicted octanol–water partition coefficient (Wildman–Crippen LogP) is 4.26. The molecule has 0 fully saturated rings. The van der Waals surface area contributed by atoms with Crippen LogP contribution in [-0.4, -0.2) is 18.0 Å². The second-order valence-corrected chi connectivity index (χ2v) is 5.93. The molecule has 0 bridgehead atoms. The highest BCUT2D eigenvalue weighted by Gasteiger charge is 2.08. The summed E-state index contributed by atoms with van der Waals surface area (Å²) in [7, 11) is 1.59. The maximum Gasteiger partial charge on any atom is 0.257 e. The molecule has 0 aliphatic carbocycles. The Labute approximate surface area is 153 Å². The summed E-state index contributed by atoms with van der Waals surface area (Å²) in [6.07, 6.45) is 3.26. The number of aromatic nitrogens is 1. The zero-order valence-corrected chi connectivity index (χ0v) is 14.8. The molecule has 1 aromatic heterocycles. The molecule has 5 nitrogen and oxygen atoms in total. The number of carbonyl (C=O) groups is 1. The van der Waals surface area contributed by atoms with Gasteiger partial charge < -0.3 is 15.4 Å². The van der Waals surface area contributed by atoms with Crippen molar-refractivity contribution in [3.05, 3.63) is 83.7 Å². The minimum absolute atomic E-state index is 0.217. The lowest BCUT2D eigenvalue weighted by atomic mass is 10.1. The first-order valence-electron chi connectivity index (χ1n) is 8.34. The number of aryl methyl sites for hydroxylation is 1. The molecule has 5 heteroatoms. The molecule has 0 saturated carbocycles. The third-order valence-corrected chi connectivity index (χ3v) is 4.07. The van der Waals surface area contributed by atoms with Crippen molar-refractivity contribution >= 4 is 17.3 Å². The van der Waals surface area contributed by atoms with Crippen LogP contribution in [0.2, 0.25) is 0 Å². The summed E-state index contributed by atoms with van der Waals surface area (Å²) in [6, 6.07) is 17.2. The zero-order valence-electron chi connectivity index (χ0n) is 14.8. The van der Waals surface area contributed by atoms with Gasteiger partial charge >= 0.3 is 0 Å². The molecule has 132 valence electrons. The van der Waals surface area contributed by atoms with Crippen molar-refractivity contribution in [2.24, 2.45) is 0 Å². The molecular weight excluding hydrogens is 326 g/mol. The van der Waals surface area contributed by atoms with E-state index in [9.17, 15) is 4.79 Å². The summed E-state index contributed by atoms with van der Waals surface area (Å²) >= 11 is 0. The summed E-state index contributed by atoms with van der Waals surface area (Å²) in [5.74, 6) is 0.472. The molecular formula is C21H21N3O2. The fourth-order valence-electron chi connectivity index (χ4n) is 2.57. The van der Waals surface area contributed by atoms with Crippen molar-refractivity contribution in [2.75, 3.05) is 17.7 Å². The molecule has 3 aromatic rings. The zero-order chi connectivity index (χ0) is 18.4. The fraction of sp³-hybridized carbons (Fsp3) is 0.143. The normalized spacial score (nSPS) is 10.2. The van der Waals surface area contributed by atoms with Gasteiger partial charge in [0.25, 0.3) is 5.91 Å². The van der Waals surface area contributed by atoms with Crippen molar-refractivity contribution in [1.29, 1.82) is 0 Å². The number of methoxy groups -OCH3 is 1. The van der Waals surface area contributed by atoms with Crippen LogP contribution in [0.4, 0.5) is 11.4 Å². The van der Waals surface area contributed by atoms with Gasteiger partial charge in [-0.05, 0) is 36.2 Å². The monoisotopic (exact) mass is 347 g/mol. The Kier molecular flexibility index (Phi) is 5.49. The van der Waals surface area contributed by atoms with Crippen LogP contribution in [0.5, 0.6) is 5.75 Å². The van der Waals surface area contributed by atoms with E-state index in [-0.39, 0.29) is 5.91 Å². The van der Waals surface area contributed by atoms with E-state index >= 15 is 0 Å². The van der Waals surface area contributed by atoms with E-state index < -0.39 is 0 Å². The number of amides is 1. The van der Waals surface area contributed by atoms with Crippen LogP contribution >= 0.6 is 0 Å². The molecule has 2 N–H and O–H groups in total. The van der Waals surface area contributed by atoms with Gasteiger partial charge in [0.2, 0.25) is 0 Å². The Bertz CT molecular complexity index is 909. The highest BCUT2D eigenvalue weighted by atomic mass is 16.5. The average molecular weight is 347 g/mol. The molecule has 1 heterocycles. The number of hydrogen-bond acceptors (Lipinski definition) is 4. The van der Waals surface area contributed by atoms with Crippen molar-refractivity contribution < 1.29 is 9.53 Å². The highest BCUT2D eigenvalue weighted by Crippen LogP contribution is 2.18. The number of carbonyl (C=O) groups excluding carboxylic acids is 1. The van der Waals surface area contributed by atoms with Gasteiger partial charge in [0.15, 0.2) is 0 Å². The van der Waals surface area contributed by atoms with E-state index in [1.807, 2.05) is 30.3 Å². The van der Waals surface area contributed by atoms with Crippen molar-refractivity contribution in [3.63, 3.8) is 0 Å². The lowest BCUT2D eigenvalue weighted by molar-refractivity contribution is 0.102. The Morgan fingerprint density at radius 1 is 1.04 bits per heavy atom. The maximum absolute atomic E-state index is 12.5. The first-order valence-corrected chi connectivity index (χ1v) is 8.34. The minimum Gasteiger partial charge on any atom is -0.497 e.